The Hall–Kier alpha value is -1.74. The fourth-order valence-electron chi connectivity index (χ4n) is 1.37. The average molecular weight is 587 g/mol. The van der Waals surface area contributed by atoms with Crippen molar-refractivity contribution in [3.8, 4) is 0 Å². The molecule has 0 rings (SSSR count). The van der Waals surface area contributed by atoms with Crippen molar-refractivity contribution < 1.29 is 126 Å². The van der Waals surface area contributed by atoms with Gasteiger partial charge in [-0.2, -0.15) is 0 Å². The first-order valence-electron chi connectivity index (χ1n) is 6.23. The molecular weight excluding hydrogens is 575 g/mol. The van der Waals surface area contributed by atoms with Crippen LogP contribution in [0.1, 0.15) is 25.7 Å². The van der Waals surface area contributed by atoms with Crippen LogP contribution in [0.4, 0.5) is 0 Å². The molecule has 0 bridgehead atoms. The molecule has 0 spiro atoms. The monoisotopic (exact) mass is 585 g/mol. The summed E-state index contributed by atoms with van der Waals surface area (Å²) in [5.74, 6) is -12.0. The van der Waals surface area contributed by atoms with E-state index in [1.807, 2.05) is 0 Å². The van der Waals surface area contributed by atoms with E-state index in [1.54, 1.807) is 0 Å². The zero-order chi connectivity index (χ0) is 21.3. The quantitative estimate of drug-likeness (QED) is 0.224. The Morgan fingerprint density at radius 2 is 0.633 bits per heavy atom. The van der Waals surface area contributed by atoms with E-state index >= 15 is 0 Å². The summed E-state index contributed by atoms with van der Waals surface area (Å²) in [5, 5.41) is 77.9. The van der Waals surface area contributed by atoms with Crippen molar-refractivity contribution in [2.45, 2.75) is 36.9 Å². The van der Waals surface area contributed by atoms with Gasteiger partial charge in [0.1, 0.15) is 11.2 Å². The fraction of sp³-hybridized carbons (Fsp3) is 0.500. The van der Waals surface area contributed by atoms with Crippen LogP contribution in [-0.2, 0) is 80.0 Å². The summed E-state index contributed by atoms with van der Waals surface area (Å²) in [7, 11) is 0. The summed E-state index contributed by atoms with van der Waals surface area (Å²) < 4.78 is 0. The first kappa shape index (κ1) is 42.4. The zero-order valence-electron chi connectivity index (χ0n) is 14.0. The van der Waals surface area contributed by atoms with Crippen LogP contribution in [0.15, 0.2) is 0 Å². The number of aliphatic carboxylic acids is 6. The van der Waals surface area contributed by atoms with Gasteiger partial charge in [-0.25, -0.2) is 0 Å². The minimum Gasteiger partial charge on any atom is -0.550 e. The summed E-state index contributed by atoms with van der Waals surface area (Å²) in [4.78, 5) is 60.0. The Morgan fingerprint density at radius 3 is 0.700 bits per heavy atom. The van der Waals surface area contributed by atoms with Crippen LogP contribution in [0.5, 0.6) is 0 Å². The van der Waals surface area contributed by atoms with Crippen molar-refractivity contribution in [1.82, 2.24) is 0 Å². The van der Waals surface area contributed by atoms with Gasteiger partial charge in [-0.15, -0.1) is 0 Å². The molecule has 0 aliphatic heterocycles. The molecule has 0 aromatic heterocycles. The number of carbonyl (C=O) groups is 6. The number of carboxylic acids is 6. The smallest absolute Gasteiger partial charge is 0.550 e. The van der Waals surface area contributed by atoms with Gasteiger partial charge in [0.25, 0.3) is 0 Å². The second-order valence-electron chi connectivity index (χ2n) is 4.83. The molecule has 0 aromatic rings. The van der Waals surface area contributed by atoms with Gasteiger partial charge in [0.15, 0.2) is 0 Å². The normalized spacial score (nSPS) is 9.40. The van der Waals surface area contributed by atoms with E-state index in [1.165, 1.54) is 0 Å². The van der Waals surface area contributed by atoms with Gasteiger partial charge in [-0.3, -0.25) is 0 Å². The topological polar surface area (TPSA) is 313 Å². The SMILES string of the molecule is O.O=C([O-])CC(O)(CC(=O)[O-])C(=O)[O-].O=C([O-])CC(O)(CC(=O)[O-])C(=O)[O-].[Cu+2].[Cu+2].[Cu+2]. The standard InChI is InChI=1S/2C6H8O7.3Cu.H2O/c2*7-3(8)1-6(13,5(11)12)2-4(9)10;;;;/h2*13H,1-2H2,(H,7,8)(H,9,10)(H,11,12);;;;1H2/q;;3*+2;/p-6. The molecule has 0 amide bonds. The molecule has 0 fully saturated rings. The molecule has 0 unspecified atom stereocenters. The number of hydrogen-bond acceptors (Lipinski definition) is 14. The molecule has 15 nitrogen and oxygen atoms in total. The molecule has 3 radical (unpaired) electrons. The van der Waals surface area contributed by atoms with Crippen LogP contribution in [0, 0.1) is 0 Å². The van der Waals surface area contributed by atoms with Crippen LogP contribution < -0.4 is 30.6 Å². The molecule has 18 heteroatoms. The van der Waals surface area contributed by atoms with Crippen LogP contribution in [0.2, 0.25) is 0 Å². The molecule has 0 aliphatic rings. The van der Waals surface area contributed by atoms with E-state index in [-0.39, 0.29) is 56.7 Å². The third-order valence-electron chi connectivity index (χ3n) is 2.51. The second-order valence-corrected chi connectivity index (χ2v) is 4.83. The minimum absolute atomic E-state index is 0. The maximum atomic E-state index is 10.1. The van der Waals surface area contributed by atoms with Crippen LogP contribution in [0.3, 0.4) is 0 Å². The molecule has 0 aliphatic carbocycles. The first-order valence-corrected chi connectivity index (χ1v) is 6.23. The maximum Gasteiger partial charge on any atom is 2.00 e. The number of hydrogen-bond donors (Lipinski definition) is 2. The minimum atomic E-state index is -2.97. The Balaban J connectivity index is -0.0000000847. The Bertz CT molecular complexity index is 522. The molecule has 0 atom stereocenters. The third-order valence-corrected chi connectivity index (χ3v) is 2.51. The molecular formula is C12H12Cu3O15. The van der Waals surface area contributed by atoms with Crippen molar-refractivity contribution in [2.24, 2.45) is 0 Å². The largest absolute Gasteiger partial charge is 2.00 e. The number of carbonyl (C=O) groups excluding carboxylic acids is 6. The number of carboxylic acid groups (broad SMARTS) is 6. The van der Waals surface area contributed by atoms with Crippen molar-refractivity contribution in [2.75, 3.05) is 0 Å². The van der Waals surface area contributed by atoms with Gasteiger partial charge in [-0.1, -0.05) is 0 Å². The summed E-state index contributed by atoms with van der Waals surface area (Å²) >= 11 is 0. The number of aliphatic hydroxyl groups is 2. The van der Waals surface area contributed by atoms with Crippen molar-refractivity contribution in [3.63, 3.8) is 0 Å². The Morgan fingerprint density at radius 1 is 0.500 bits per heavy atom. The van der Waals surface area contributed by atoms with E-state index in [0.29, 0.717) is 0 Å². The predicted octanol–water partition coefficient (Wildman–Crippen LogP) is -11.3. The average Bonchev–Trinajstić information content (AvgIpc) is 2.34. The number of rotatable bonds is 10. The first-order chi connectivity index (χ1) is 11.6. The van der Waals surface area contributed by atoms with Crippen molar-refractivity contribution in [1.29, 1.82) is 0 Å². The molecule has 30 heavy (non-hydrogen) atoms. The maximum absolute atomic E-state index is 10.1. The van der Waals surface area contributed by atoms with Crippen LogP contribution >= 0.6 is 0 Å². The van der Waals surface area contributed by atoms with Gasteiger partial charge < -0.3 is 75.1 Å². The summed E-state index contributed by atoms with van der Waals surface area (Å²) in [6.07, 6.45) is -5.43. The molecule has 0 heterocycles. The van der Waals surface area contributed by atoms with Gasteiger partial charge >= 0.3 is 51.2 Å². The van der Waals surface area contributed by atoms with Gasteiger partial charge in [0, 0.05) is 49.6 Å². The molecule has 0 saturated heterocycles. The summed E-state index contributed by atoms with van der Waals surface area (Å²) in [6, 6.07) is 0. The van der Waals surface area contributed by atoms with E-state index < -0.39 is 72.7 Å². The van der Waals surface area contributed by atoms with E-state index in [4.69, 9.17) is 10.2 Å². The van der Waals surface area contributed by atoms with Crippen LogP contribution in [-0.4, -0.2) is 62.7 Å². The van der Waals surface area contributed by atoms with Crippen LogP contribution in [0.25, 0.3) is 0 Å². The molecule has 4 N–H and O–H groups in total. The molecule has 0 saturated carbocycles. The second kappa shape index (κ2) is 18.1. The van der Waals surface area contributed by atoms with Gasteiger partial charge in [-0.05, 0) is 0 Å². The van der Waals surface area contributed by atoms with Gasteiger partial charge in [0.05, 0.1) is 11.9 Å². The Labute approximate surface area is 198 Å². The van der Waals surface area contributed by atoms with Crippen molar-refractivity contribution in [3.05, 3.63) is 0 Å². The van der Waals surface area contributed by atoms with E-state index in [0.717, 1.165) is 0 Å². The summed E-state index contributed by atoms with van der Waals surface area (Å²) in [6.45, 7) is 0. The van der Waals surface area contributed by atoms with E-state index in [9.17, 15) is 59.4 Å². The third kappa shape index (κ3) is 18.3. The summed E-state index contributed by atoms with van der Waals surface area (Å²) in [5.41, 5.74) is -5.95. The van der Waals surface area contributed by atoms with Crippen molar-refractivity contribution >= 4 is 35.8 Å². The Kier molecular flexibility index (Phi) is 25.5. The molecule has 183 valence electrons. The van der Waals surface area contributed by atoms with E-state index in [2.05, 4.69) is 0 Å². The fourth-order valence-corrected chi connectivity index (χ4v) is 1.37. The zero-order valence-corrected chi connectivity index (χ0v) is 16.9. The predicted molar refractivity (Wildman–Crippen MR) is 62.0 cm³/mol. The molecule has 0 aromatic carbocycles. The van der Waals surface area contributed by atoms with Gasteiger partial charge in [0.2, 0.25) is 0 Å².